The van der Waals surface area contributed by atoms with Crippen LogP contribution in [0.2, 0.25) is 0 Å². The summed E-state index contributed by atoms with van der Waals surface area (Å²) in [7, 11) is 1.56. The molecule has 1 unspecified atom stereocenters. The van der Waals surface area contributed by atoms with Gasteiger partial charge in [0, 0.05) is 0 Å². The molecule has 1 N–H and O–H groups in total. The molecule has 3 nitrogen and oxygen atoms in total. The van der Waals surface area contributed by atoms with Gasteiger partial charge in [0.25, 0.3) is 0 Å². The minimum absolute atomic E-state index is 0.393. The fraction of sp³-hybridized carbons (Fsp3) is 0.417. The maximum absolute atomic E-state index is 10.7. The van der Waals surface area contributed by atoms with Crippen LogP contribution in [0, 0.1) is 5.92 Å². The van der Waals surface area contributed by atoms with Crippen LogP contribution in [0.15, 0.2) is 36.1 Å². The van der Waals surface area contributed by atoms with Crippen molar-refractivity contribution in [2.45, 2.75) is 20.3 Å². The molecular weight excluding hydrogens is 192 g/mol. The van der Waals surface area contributed by atoms with Crippen molar-refractivity contribution in [3.8, 4) is 0 Å². The monoisotopic (exact) mass is 210 g/mol. The number of carboxylic acids is 1. The molecule has 1 atom stereocenters. The van der Waals surface area contributed by atoms with E-state index in [1.807, 2.05) is 13.0 Å². The predicted molar refractivity (Wildman–Crippen MR) is 60.5 cm³/mol. The van der Waals surface area contributed by atoms with Crippen LogP contribution in [-0.4, -0.2) is 18.2 Å². The van der Waals surface area contributed by atoms with Crippen molar-refractivity contribution in [3.05, 3.63) is 36.1 Å². The number of ether oxygens (including phenoxy) is 1. The molecule has 0 heterocycles. The number of carbonyl (C=O) groups is 1. The zero-order chi connectivity index (χ0) is 11.8. The lowest BCUT2D eigenvalue weighted by Crippen LogP contribution is -2.09. The van der Waals surface area contributed by atoms with Crippen LogP contribution < -0.4 is 0 Å². The predicted octanol–water partition coefficient (Wildman–Crippen LogP) is 2.76. The first-order valence-corrected chi connectivity index (χ1v) is 4.81. The lowest BCUT2D eigenvalue weighted by Gasteiger charge is -2.08. The number of aliphatic carboxylic acids is 1. The molecule has 0 fully saturated rings. The summed E-state index contributed by atoms with van der Waals surface area (Å²) in [5.74, 6) is -0.545. The first-order chi connectivity index (χ1) is 7.04. The highest BCUT2D eigenvalue weighted by molar-refractivity contribution is 5.70. The maximum Gasteiger partial charge on any atom is 0.306 e. The summed E-state index contributed by atoms with van der Waals surface area (Å²) in [6.45, 7) is 7.15. The van der Waals surface area contributed by atoms with Crippen molar-refractivity contribution in [1.82, 2.24) is 0 Å². The molecule has 0 aliphatic rings. The molecule has 0 saturated carbocycles. The Kier molecular flexibility index (Phi) is 6.18. The molecule has 0 aliphatic carbocycles. The minimum atomic E-state index is -0.791. The summed E-state index contributed by atoms with van der Waals surface area (Å²) < 4.78 is 5.03. The number of methoxy groups -OCH3 is 1. The summed E-state index contributed by atoms with van der Waals surface area (Å²) in [4.78, 5) is 10.7. The van der Waals surface area contributed by atoms with Gasteiger partial charge in [-0.25, -0.2) is 0 Å². The van der Waals surface area contributed by atoms with Crippen LogP contribution in [0.1, 0.15) is 20.3 Å². The number of hydrogen-bond acceptors (Lipinski definition) is 2. The van der Waals surface area contributed by atoms with Gasteiger partial charge in [0.15, 0.2) is 0 Å². The molecule has 0 rings (SSSR count). The van der Waals surface area contributed by atoms with Crippen LogP contribution in [0.3, 0.4) is 0 Å². The van der Waals surface area contributed by atoms with E-state index in [0.29, 0.717) is 12.2 Å². The Balaban J connectivity index is 4.59. The second kappa shape index (κ2) is 6.87. The van der Waals surface area contributed by atoms with Crippen LogP contribution in [0.4, 0.5) is 0 Å². The molecule has 0 amide bonds. The lowest BCUT2D eigenvalue weighted by molar-refractivity contribution is -0.141. The molecule has 0 saturated heterocycles. The molecule has 0 spiro atoms. The van der Waals surface area contributed by atoms with Crippen LogP contribution >= 0.6 is 0 Å². The van der Waals surface area contributed by atoms with Gasteiger partial charge in [-0.15, -0.1) is 0 Å². The van der Waals surface area contributed by atoms with Crippen molar-refractivity contribution in [2.24, 2.45) is 5.92 Å². The average Bonchev–Trinajstić information content (AvgIpc) is 2.23. The molecule has 0 radical (unpaired) electrons. The smallest absolute Gasteiger partial charge is 0.306 e. The van der Waals surface area contributed by atoms with E-state index in [1.54, 1.807) is 26.2 Å². The van der Waals surface area contributed by atoms with Gasteiger partial charge in [0.05, 0.1) is 13.0 Å². The van der Waals surface area contributed by atoms with E-state index in [9.17, 15) is 4.79 Å². The Morgan fingerprint density at radius 2 is 2.20 bits per heavy atom. The van der Waals surface area contributed by atoms with Gasteiger partial charge in [-0.1, -0.05) is 19.6 Å². The molecule has 0 bridgehead atoms. The fourth-order valence-electron chi connectivity index (χ4n) is 1.08. The number of allylic oxidation sites excluding steroid dienone is 4. The van der Waals surface area contributed by atoms with Gasteiger partial charge in [0.1, 0.15) is 5.76 Å². The third kappa shape index (κ3) is 5.05. The molecule has 15 heavy (non-hydrogen) atoms. The van der Waals surface area contributed by atoms with E-state index in [-0.39, 0.29) is 0 Å². The normalized spacial score (nSPS) is 14.6. The zero-order valence-corrected chi connectivity index (χ0v) is 9.49. The van der Waals surface area contributed by atoms with E-state index < -0.39 is 11.9 Å². The third-order valence-electron chi connectivity index (χ3n) is 2.10. The first kappa shape index (κ1) is 13.5. The number of rotatable bonds is 6. The van der Waals surface area contributed by atoms with E-state index in [4.69, 9.17) is 9.84 Å². The van der Waals surface area contributed by atoms with Gasteiger partial charge < -0.3 is 9.84 Å². The van der Waals surface area contributed by atoms with Crippen LogP contribution in [0.25, 0.3) is 0 Å². The Hall–Kier alpha value is -1.51. The highest BCUT2D eigenvalue weighted by atomic mass is 16.5. The van der Waals surface area contributed by atoms with Gasteiger partial charge >= 0.3 is 5.97 Å². The van der Waals surface area contributed by atoms with Gasteiger partial charge in [-0.05, 0) is 31.1 Å². The Bertz CT molecular complexity index is 287. The Morgan fingerprint density at radius 3 is 2.53 bits per heavy atom. The lowest BCUT2D eigenvalue weighted by atomic mass is 10.0. The second-order valence-electron chi connectivity index (χ2n) is 3.26. The third-order valence-corrected chi connectivity index (χ3v) is 2.10. The molecule has 3 heteroatoms. The summed E-state index contributed by atoms with van der Waals surface area (Å²) in [6.07, 6.45) is 5.76. The Morgan fingerprint density at radius 1 is 1.60 bits per heavy atom. The largest absolute Gasteiger partial charge is 0.497 e. The van der Waals surface area contributed by atoms with Crippen molar-refractivity contribution >= 4 is 5.97 Å². The highest BCUT2D eigenvalue weighted by Crippen LogP contribution is 2.15. The van der Waals surface area contributed by atoms with Crippen molar-refractivity contribution in [1.29, 1.82) is 0 Å². The second-order valence-corrected chi connectivity index (χ2v) is 3.26. The quantitative estimate of drug-likeness (QED) is 0.541. The molecular formula is C12H18O3. The van der Waals surface area contributed by atoms with E-state index in [0.717, 1.165) is 5.57 Å². The molecule has 0 aromatic carbocycles. The van der Waals surface area contributed by atoms with Gasteiger partial charge in [-0.3, -0.25) is 4.79 Å². The maximum atomic E-state index is 10.7. The zero-order valence-electron chi connectivity index (χ0n) is 9.49. The van der Waals surface area contributed by atoms with Crippen molar-refractivity contribution in [3.63, 3.8) is 0 Å². The average molecular weight is 210 g/mol. The fourth-order valence-corrected chi connectivity index (χ4v) is 1.08. The molecule has 0 aromatic rings. The summed E-state index contributed by atoms with van der Waals surface area (Å²) in [5, 5.41) is 8.78. The van der Waals surface area contributed by atoms with E-state index in [1.165, 1.54) is 0 Å². The van der Waals surface area contributed by atoms with Gasteiger partial charge in [0.2, 0.25) is 0 Å². The van der Waals surface area contributed by atoms with E-state index in [2.05, 4.69) is 6.58 Å². The van der Waals surface area contributed by atoms with Gasteiger partial charge in [-0.2, -0.15) is 0 Å². The topological polar surface area (TPSA) is 46.5 Å². The number of carboxylic acid groups (broad SMARTS) is 1. The summed E-state index contributed by atoms with van der Waals surface area (Å²) in [5.41, 5.74) is 0.932. The molecule has 0 aliphatic heterocycles. The molecule has 0 aromatic heterocycles. The standard InChI is InChI=1S/C12H18O3/c1-5-10(7-9(3)12(13)14)8-11(6-2)15-4/h5-6,8-9H,2,7H2,1,3-4H3,(H,13,14)/b10-5-,11-8+. The molecule has 84 valence electrons. The highest BCUT2D eigenvalue weighted by Gasteiger charge is 2.11. The van der Waals surface area contributed by atoms with Crippen molar-refractivity contribution in [2.75, 3.05) is 7.11 Å². The van der Waals surface area contributed by atoms with Crippen molar-refractivity contribution < 1.29 is 14.6 Å². The van der Waals surface area contributed by atoms with E-state index >= 15 is 0 Å². The van der Waals surface area contributed by atoms with Crippen LogP contribution in [-0.2, 0) is 9.53 Å². The Labute approximate surface area is 90.8 Å². The summed E-state index contributed by atoms with van der Waals surface area (Å²) in [6, 6.07) is 0. The number of hydrogen-bond donors (Lipinski definition) is 1. The SMILES string of the molecule is C=C/C(=C\C(=C/C)CC(C)C(=O)O)OC. The first-order valence-electron chi connectivity index (χ1n) is 4.81. The minimum Gasteiger partial charge on any atom is -0.497 e. The summed E-state index contributed by atoms with van der Waals surface area (Å²) >= 11 is 0. The van der Waals surface area contributed by atoms with Crippen LogP contribution in [0.5, 0.6) is 0 Å².